The lowest BCUT2D eigenvalue weighted by molar-refractivity contribution is -0.136. The van der Waals surface area contributed by atoms with E-state index in [-0.39, 0.29) is 18.9 Å². The number of carbonyl (C=O) groups excluding carboxylic acids is 1. The molecule has 6 heteroatoms. The molecule has 27 heavy (non-hydrogen) atoms. The van der Waals surface area contributed by atoms with E-state index in [1.54, 1.807) is 0 Å². The van der Waals surface area contributed by atoms with Crippen LogP contribution >= 0.6 is 27.5 Å². The first kappa shape index (κ1) is 19.4. The van der Waals surface area contributed by atoms with E-state index >= 15 is 0 Å². The van der Waals surface area contributed by atoms with Gasteiger partial charge in [-0.15, -0.1) is 0 Å². The highest BCUT2D eigenvalue weighted by Crippen LogP contribution is 2.35. The van der Waals surface area contributed by atoms with E-state index < -0.39 is 5.97 Å². The number of fused-ring (bicyclic) bond motifs is 1. The SMILES string of the molecule is O=C(O)CCNC(=O)C1=C(/C=C/c2ccc(Cl)cc2)Cc2cc(Br)ccc21. The maximum absolute atomic E-state index is 12.7. The average molecular weight is 447 g/mol. The third-order valence-corrected chi connectivity index (χ3v) is 4.98. The Hall–Kier alpha value is -2.37. The molecule has 2 aromatic rings. The number of carboxylic acid groups (broad SMARTS) is 1. The van der Waals surface area contributed by atoms with Crippen molar-refractivity contribution in [1.82, 2.24) is 5.32 Å². The molecule has 138 valence electrons. The third kappa shape index (κ3) is 4.87. The topological polar surface area (TPSA) is 66.4 Å². The molecule has 0 unspecified atom stereocenters. The van der Waals surface area contributed by atoms with Crippen LogP contribution < -0.4 is 5.32 Å². The average Bonchev–Trinajstić information content (AvgIpc) is 2.98. The molecule has 0 atom stereocenters. The van der Waals surface area contributed by atoms with Crippen LogP contribution in [0.15, 0.2) is 58.6 Å². The van der Waals surface area contributed by atoms with Crippen LogP contribution in [0.2, 0.25) is 5.02 Å². The van der Waals surface area contributed by atoms with E-state index in [4.69, 9.17) is 16.7 Å². The maximum Gasteiger partial charge on any atom is 0.305 e. The van der Waals surface area contributed by atoms with Gasteiger partial charge < -0.3 is 10.4 Å². The number of allylic oxidation sites excluding steroid dienone is 2. The molecular formula is C21H17BrClNO3. The van der Waals surface area contributed by atoms with Crippen molar-refractivity contribution in [2.45, 2.75) is 12.8 Å². The van der Waals surface area contributed by atoms with Crippen LogP contribution in [0.25, 0.3) is 11.6 Å². The Morgan fingerprint density at radius 3 is 2.59 bits per heavy atom. The van der Waals surface area contributed by atoms with Gasteiger partial charge in [0.25, 0.3) is 5.91 Å². The standard InChI is InChI=1S/C21H17BrClNO3/c22-16-5-8-18-15(12-16)11-14(4-1-13-2-6-17(23)7-3-13)20(18)21(27)24-10-9-19(25)26/h1-8,12H,9-11H2,(H,24,27)(H,25,26)/b4-1+. The number of hydrogen-bond acceptors (Lipinski definition) is 2. The number of rotatable bonds is 6. The molecule has 0 fully saturated rings. The molecule has 4 nitrogen and oxygen atoms in total. The fraction of sp³-hybridized carbons (Fsp3) is 0.143. The van der Waals surface area contributed by atoms with E-state index in [0.29, 0.717) is 17.0 Å². The summed E-state index contributed by atoms with van der Waals surface area (Å²) < 4.78 is 0.954. The van der Waals surface area contributed by atoms with Crippen molar-refractivity contribution in [1.29, 1.82) is 0 Å². The van der Waals surface area contributed by atoms with Crippen LogP contribution in [0.4, 0.5) is 0 Å². The van der Waals surface area contributed by atoms with Crippen LogP contribution in [-0.2, 0) is 16.0 Å². The molecule has 0 saturated heterocycles. The van der Waals surface area contributed by atoms with Gasteiger partial charge in [0, 0.05) is 16.0 Å². The number of carbonyl (C=O) groups is 2. The lowest BCUT2D eigenvalue weighted by atomic mass is 10.0. The zero-order chi connectivity index (χ0) is 19.4. The van der Waals surface area contributed by atoms with Gasteiger partial charge in [-0.25, -0.2) is 0 Å². The highest BCUT2D eigenvalue weighted by atomic mass is 79.9. The normalized spacial score (nSPS) is 13.1. The second-order valence-electron chi connectivity index (χ2n) is 6.16. The minimum Gasteiger partial charge on any atom is -0.481 e. The van der Waals surface area contributed by atoms with Crippen LogP contribution in [0.1, 0.15) is 23.1 Å². The largest absolute Gasteiger partial charge is 0.481 e. The Labute approximate surface area is 170 Å². The summed E-state index contributed by atoms with van der Waals surface area (Å²) in [6, 6.07) is 13.3. The first-order valence-corrected chi connectivity index (χ1v) is 9.57. The van der Waals surface area contributed by atoms with Crippen LogP contribution in [-0.4, -0.2) is 23.5 Å². The molecule has 0 aromatic heterocycles. The summed E-state index contributed by atoms with van der Waals surface area (Å²) in [6.45, 7) is 0.0949. The van der Waals surface area contributed by atoms with E-state index in [1.165, 1.54) is 0 Å². The van der Waals surface area contributed by atoms with Crippen LogP contribution in [0, 0.1) is 0 Å². The van der Waals surface area contributed by atoms with E-state index in [2.05, 4.69) is 21.2 Å². The second-order valence-corrected chi connectivity index (χ2v) is 7.52. The van der Waals surface area contributed by atoms with Crippen molar-refractivity contribution in [3.63, 3.8) is 0 Å². The smallest absolute Gasteiger partial charge is 0.305 e. The minimum absolute atomic E-state index is 0.0949. The molecule has 1 amide bonds. The Morgan fingerprint density at radius 2 is 1.89 bits per heavy atom. The third-order valence-electron chi connectivity index (χ3n) is 4.24. The van der Waals surface area contributed by atoms with Crippen LogP contribution in [0.3, 0.4) is 0 Å². The molecule has 2 aromatic carbocycles. The Morgan fingerprint density at radius 1 is 1.15 bits per heavy atom. The number of benzene rings is 2. The highest BCUT2D eigenvalue weighted by Gasteiger charge is 2.25. The highest BCUT2D eigenvalue weighted by molar-refractivity contribution is 9.10. The molecule has 0 aliphatic heterocycles. The first-order chi connectivity index (χ1) is 12.9. The Kier molecular flexibility index (Phi) is 6.14. The molecular weight excluding hydrogens is 430 g/mol. The number of carboxylic acids is 1. The van der Waals surface area contributed by atoms with Gasteiger partial charge in [0.15, 0.2) is 0 Å². The molecule has 1 aliphatic carbocycles. The fourth-order valence-corrected chi connectivity index (χ4v) is 3.51. The van der Waals surface area contributed by atoms with Crippen molar-refractivity contribution < 1.29 is 14.7 Å². The summed E-state index contributed by atoms with van der Waals surface area (Å²) in [6.07, 6.45) is 4.41. The van der Waals surface area contributed by atoms with Gasteiger partial charge in [0.05, 0.1) is 12.0 Å². The van der Waals surface area contributed by atoms with Gasteiger partial charge in [0.1, 0.15) is 0 Å². The summed E-state index contributed by atoms with van der Waals surface area (Å²) in [4.78, 5) is 23.4. The number of hydrogen-bond donors (Lipinski definition) is 2. The molecule has 0 saturated carbocycles. The van der Waals surface area contributed by atoms with E-state index in [9.17, 15) is 9.59 Å². The number of amides is 1. The summed E-state index contributed by atoms with van der Waals surface area (Å²) in [5.41, 5.74) is 4.40. The number of nitrogens with one attached hydrogen (secondary N) is 1. The summed E-state index contributed by atoms with van der Waals surface area (Å²) in [7, 11) is 0. The predicted molar refractivity (Wildman–Crippen MR) is 111 cm³/mol. The van der Waals surface area contributed by atoms with E-state index in [0.717, 1.165) is 26.7 Å². The second kappa shape index (κ2) is 8.55. The van der Waals surface area contributed by atoms with Crippen molar-refractivity contribution in [3.05, 3.63) is 80.3 Å². The van der Waals surface area contributed by atoms with Crippen molar-refractivity contribution >= 4 is 51.1 Å². The van der Waals surface area contributed by atoms with Gasteiger partial charge in [-0.2, -0.15) is 0 Å². The first-order valence-electron chi connectivity index (χ1n) is 8.39. The van der Waals surface area contributed by atoms with Gasteiger partial charge >= 0.3 is 5.97 Å². The zero-order valence-corrected chi connectivity index (χ0v) is 16.7. The summed E-state index contributed by atoms with van der Waals surface area (Å²) in [5, 5.41) is 12.1. The minimum atomic E-state index is -0.942. The molecule has 0 heterocycles. The molecule has 3 rings (SSSR count). The van der Waals surface area contributed by atoms with Gasteiger partial charge in [-0.3, -0.25) is 9.59 Å². The monoisotopic (exact) mass is 445 g/mol. The molecule has 0 spiro atoms. The fourth-order valence-electron chi connectivity index (χ4n) is 2.97. The van der Waals surface area contributed by atoms with Gasteiger partial charge in [-0.05, 0) is 52.9 Å². The predicted octanol–water partition coefficient (Wildman–Crippen LogP) is 4.72. The molecule has 1 aliphatic rings. The van der Waals surface area contributed by atoms with Crippen molar-refractivity contribution in [2.75, 3.05) is 6.54 Å². The van der Waals surface area contributed by atoms with Crippen molar-refractivity contribution in [3.8, 4) is 0 Å². The Bertz CT molecular complexity index is 948. The molecule has 0 bridgehead atoms. The maximum atomic E-state index is 12.7. The van der Waals surface area contributed by atoms with E-state index in [1.807, 2.05) is 54.6 Å². The lowest BCUT2D eigenvalue weighted by Crippen LogP contribution is -2.27. The van der Waals surface area contributed by atoms with Crippen LogP contribution in [0.5, 0.6) is 0 Å². The molecule has 2 N–H and O–H groups in total. The summed E-state index contributed by atoms with van der Waals surface area (Å²) >= 11 is 9.38. The van der Waals surface area contributed by atoms with Gasteiger partial charge in [0.2, 0.25) is 0 Å². The number of aliphatic carboxylic acids is 1. The summed E-state index contributed by atoms with van der Waals surface area (Å²) in [5.74, 6) is -1.20. The van der Waals surface area contributed by atoms with Gasteiger partial charge in [-0.1, -0.05) is 57.9 Å². The lowest BCUT2D eigenvalue weighted by Gasteiger charge is -2.08. The molecule has 0 radical (unpaired) electrons. The quantitative estimate of drug-likeness (QED) is 0.675. The van der Waals surface area contributed by atoms with Crippen molar-refractivity contribution in [2.24, 2.45) is 0 Å². The zero-order valence-electron chi connectivity index (χ0n) is 14.3. The Balaban J connectivity index is 1.89. The number of halogens is 2.